The van der Waals surface area contributed by atoms with Gasteiger partial charge in [0, 0.05) is 26.2 Å². The van der Waals surface area contributed by atoms with Crippen LogP contribution < -0.4 is 5.73 Å². The van der Waals surface area contributed by atoms with Crippen LogP contribution in [0.15, 0.2) is 35.3 Å². The van der Waals surface area contributed by atoms with Crippen LogP contribution in [-0.4, -0.2) is 61.7 Å². The molecule has 1 heterocycles. The summed E-state index contributed by atoms with van der Waals surface area (Å²) in [5, 5.41) is 0. The highest BCUT2D eigenvalue weighted by atomic mass is 16.5. The fourth-order valence-corrected chi connectivity index (χ4v) is 2.94. The number of benzene rings is 1. The molecule has 0 spiro atoms. The number of ether oxygens (including phenoxy) is 1. The zero-order chi connectivity index (χ0) is 15.4. The second-order valence-corrected chi connectivity index (χ2v) is 6.12. The first kappa shape index (κ1) is 15.3. The van der Waals surface area contributed by atoms with E-state index >= 15 is 0 Å². The molecular weight excluding hydrogens is 276 g/mol. The van der Waals surface area contributed by atoms with Crippen molar-refractivity contribution in [1.82, 2.24) is 9.80 Å². The molecule has 0 radical (unpaired) electrons. The number of hydrogen-bond donors (Lipinski definition) is 1. The summed E-state index contributed by atoms with van der Waals surface area (Å²) in [5.74, 6) is 0.664. The normalized spacial score (nSPS) is 21.6. The van der Waals surface area contributed by atoms with E-state index in [9.17, 15) is 0 Å². The van der Waals surface area contributed by atoms with Gasteiger partial charge in [-0.05, 0) is 18.4 Å². The monoisotopic (exact) mass is 302 g/mol. The minimum absolute atomic E-state index is 0.274. The summed E-state index contributed by atoms with van der Waals surface area (Å²) in [6.07, 6.45) is 2.47. The van der Waals surface area contributed by atoms with Gasteiger partial charge in [-0.25, -0.2) is 0 Å². The maximum Gasteiger partial charge on any atom is 0.191 e. The lowest BCUT2D eigenvalue weighted by molar-refractivity contribution is 0.0179. The molecule has 1 aromatic rings. The quantitative estimate of drug-likeness (QED) is 0.661. The van der Waals surface area contributed by atoms with Crippen LogP contribution in [-0.2, 0) is 4.74 Å². The smallest absolute Gasteiger partial charge is 0.191 e. The molecule has 5 heteroatoms. The summed E-state index contributed by atoms with van der Waals surface area (Å²) in [7, 11) is 2.04. The largest absolute Gasteiger partial charge is 0.379 e. The number of nitrogens with zero attached hydrogens (tertiary/aromatic N) is 3. The number of rotatable bonds is 5. The molecule has 5 nitrogen and oxygen atoms in total. The molecule has 0 amide bonds. The molecule has 1 atom stereocenters. The van der Waals surface area contributed by atoms with E-state index in [1.165, 1.54) is 18.4 Å². The van der Waals surface area contributed by atoms with Crippen LogP contribution in [0.3, 0.4) is 0 Å². The lowest BCUT2D eigenvalue weighted by Crippen LogP contribution is -2.41. The van der Waals surface area contributed by atoms with Gasteiger partial charge < -0.3 is 15.4 Å². The number of hydrogen-bond acceptors (Lipinski definition) is 3. The predicted octanol–water partition coefficient (Wildman–Crippen LogP) is 1.47. The van der Waals surface area contributed by atoms with Gasteiger partial charge in [0.05, 0.1) is 25.8 Å². The Morgan fingerprint density at radius 2 is 2.00 bits per heavy atom. The van der Waals surface area contributed by atoms with Crippen molar-refractivity contribution in [2.45, 2.75) is 24.9 Å². The Balaban J connectivity index is 1.71. The zero-order valence-electron chi connectivity index (χ0n) is 13.3. The molecular formula is C17H26N4O. The van der Waals surface area contributed by atoms with Gasteiger partial charge in [0.25, 0.3) is 0 Å². The highest BCUT2D eigenvalue weighted by Gasteiger charge is 2.28. The third-order valence-electron chi connectivity index (χ3n) is 4.55. The molecule has 1 aliphatic heterocycles. The number of morpholine rings is 1. The van der Waals surface area contributed by atoms with Crippen LogP contribution >= 0.6 is 0 Å². The van der Waals surface area contributed by atoms with Crippen LogP contribution in [0.5, 0.6) is 0 Å². The van der Waals surface area contributed by atoms with Gasteiger partial charge >= 0.3 is 0 Å². The molecule has 120 valence electrons. The van der Waals surface area contributed by atoms with Gasteiger partial charge in [-0.2, -0.15) is 0 Å². The lowest BCUT2D eigenvalue weighted by atomic mass is 10.1. The Morgan fingerprint density at radius 1 is 1.32 bits per heavy atom. The van der Waals surface area contributed by atoms with Crippen molar-refractivity contribution < 1.29 is 4.74 Å². The van der Waals surface area contributed by atoms with E-state index in [2.05, 4.69) is 45.1 Å². The maximum absolute atomic E-state index is 6.15. The summed E-state index contributed by atoms with van der Waals surface area (Å²) in [5.41, 5.74) is 7.45. The summed E-state index contributed by atoms with van der Waals surface area (Å²) < 4.78 is 5.48. The minimum atomic E-state index is 0.274. The Labute approximate surface area is 132 Å². The van der Waals surface area contributed by atoms with Gasteiger partial charge in [-0.15, -0.1) is 0 Å². The first-order chi connectivity index (χ1) is 10.8. The summed E-state index contributed by atoms with van der Waals surface area (Å²) in [6, 6.07) is 11.5. The topological polar surface area (TPSA) is 54.1 Å². The minimum Gasteiger partial charge on any atom is -0.379 e. The van der Waals surface area contributed by atoms with E-state index in [1.54, 1.807) is 0 Å². The van der Waals surface area contributed by atoms with E-state index < -0.39 is 0 Å². The molecule has 2 aliphatic rings. The first-order valence-corrected chi connectivity index (χ1v) is 8.15. The summed E-state index contributed by atoms with van der Waals surface area (Å²) in [6.45, 7) is 4.20. The molecule has 2 fully saturated rings. The zero-order valence-corrected chi connectivity index (χ0v) is 13.3. The van der Waals surface area contributed by atoms with E-state index in [1.807, 2.05) is 7.05 Å². The number of nitrogens with two attached hydrogens (primary N) is 1. The number of aliphatic imine (C=N–C) groups is 1. The summed E-state index contributed by atoms with van der Waals surface area (Å²) in [4.78, 5) is 9.24. The maximum atomic E-state index is 6.15. The molecule has 1 saturated heterocycles. The predicted molar refractivity (Wildman–Crippen MR) is 88.8 cm³/mol. The Morgan fingerprint density at radius 3 is 2.64 bits per heavy atom. The van der Waals surface area contributed by atoms with Gasteiger partial charge in [-0.3, -0.25) is 9.89 Å². The average Bonchev–Trinajstić information content (AvgIpc) is 3.41. The van der Waals surface area contributed by atoms with Crippen LogP contribution in [0, 0.1) is 0 Å². The summed E-state index contributed by atoms with van der Waals surface area (Å²) >= 11 is 0. The Kier molecular flexibility index (Phi) is 4.95. The van der Waals surface area contributed by atoms with Crippen LogP contribution in [0.25, 0.3) is 0 Å². The molecule has 3 rings (SSSR count). The number of guanidine groups is 1. The average molecular weight is 302 g/mol. The lowest BCUT2D eigenvalue weighted by Gasteiger charge is -2.34. The van der Waals surface area contributed by atoms with Crippen LogP contribution in [0.2, 0.25) is 0 Å². The highest BCUT2D eigenvalue weighted by molar-refractivity contribution is 5.78. The Hall–Kier alpha value is -1.59. The second-order valence-electron chi connectivity index (χ2n) is 6.12. The van der Waals surface area contributed by atoms with Gasteiger partial charge in [0.1, 0.15) is 0 Å². The van der Waals surface area contributed by atoms with Crippen molar-refractivity contribution in [3.63, 3.8) is 0 Å². The first-order valence-electron chi connectivity index (χ1n) is 8.15. The molecule has 0 bridgehead atoms. The van der Waals surface area contributed by atoms with Crippen molar-refractivity contribution in [2.24, 2.45) is 10.7 Å². The molecule has 1 aromatic carbocycles. The highest BCUT2D eigenvalue weighted by Crippen LogP contribution is 2.26. The molecule has 1 unspecified atom stereocenters. The molecule has 0 aromatic heterocycles. The van der Waals surface area contributed by atoms with E-state index in [0.717, 1.165) is 26.3 Å². The van der Waals surface area contributed by atoms with Crippen molar-refractivity contribution in [1.29, 1.82) is 0 Å². The standard InChI is InChI=1S/C17H26N4O/c1-20(15-7-8-15)17(18)19-13-16(14-5-3-2-4-6-14)21-9-11-22-12-10-21/h2-6,15-16H,7-13H2,1H3,(H2,18,19). The van der Waals surface area contributed by atoms with Gasteiger partial charge in [-0.1, -0.05) is 30.3 Å². The van der Waals surface area contributed by atoms with Crippen molar-refractivity contribution in [3.8, 4) is 0 Å². The fourth-order valence-electron chi connectivity index (χ4n) is 2.94. The van der Waals surface area contributed by atoms with Crippen LogP contribution in [0.4, 0.5) is 0 Å². The molecule has 2 N–H and O–H groups in total. The fraction of sp³-hybridized carbons (Fsp3) is 0.588. The molecule has 1 aliphatic carbocycles. The van der Waals surface area contributed by atoms with Gasteiger partial charge in [0.2, 0.25) is 0 Å². The van der Waals surface area contributed by atoms with E-state index in [0.29, 0.717) is 18.5 Å². The SMILES string of the molecule is CN(C(N)=NCC(c1ccccc1)N1CCOCC1)C1CC1. The third kappa shape index (κ3) is 3.78. The second kappa shape index (κ2) is 7.11. The van der Waals surface area contributed by atoms with Crippen LogP contribution in [0.1, 0.15) is 24.4 Å². The van der Waals surface area contributed by atoms with Crippen molar-refractivity contribution >= 4 is 5.96 Å². The van der Waals surface area contributed by atoms with Crippen molar-refractivity contribution in [2.75, 3.05) is 39.9 Å². The molecule has 22 heavy (non-hydrogen) atoms. The Bertz CT molecular complexity index is 495. The van der Waals surface area contributed by atoms with Crippen molar-refractivity contribution in [3.05, 3.63) is 35.9 Å². The third-order valence-corrected chi connectivity index (χ3v) is 4.55. The molecule has 1 saturated carbocycles. The van der Waals surface area contributed by atoms with Gasteiger partial charge in [0.15, 0.2) is 5.96 Å². The van der Waals surface area contributed by atoms with E-state index in [-0.39, 0.29) is 6.04 Å². The van der Waals surface area contributed by atoms with E-state index in [4.69, 9.17) is 10.5 Å².